The third-order valence-corrected chi connectivity index (χ3v) is 2.41. The van der Waals surface area contributed by atoms with Crippen LogP contribution in [-0.4, -0.2) is 30.7 Å². The summed E-state index contributed by atoms with van der Waals surface area (Å²) in [6, 6.07) is 1.94. The fourth-order valence-electron chi connectivity index (χ4n) is 1.50. The molecule has 2 heterocycles. The lowest BCUT2D eigenvalue weighted by atomic mass is 10.2. The van der Waals surface area contributed by atoms with Crippen molar-refractivity contribution >= 4 is 5.78 Å². The fraction of sp³-hybridized carbons (Fsp3) is 0.400. The van der Waals surface area contributed by atoms with E-state index in [9.17, 15) is 4.79 Å². The number of nitrogens with one attached hydrogen (secondary N) is 1. The van der Waals surface area contributed by atoms with Gasteiger partial charge in [-0.25, -0.2) is 4.98 Å². The number of hydrogen-bond acceptors (Lipinski definition) is 4. The van der Waals surface area contributed by atoms with E-state index in [4.69, 9.17) is 0 Å². The minimum atomic E-state index is -0.0804. The van der Waals surface area contributed by atoms with Crippen LogP contribution in [0.3, 0.4) is 0 Å². The van der Waals surface area contributed by atoms with Gasteiger partial charge in [-0.2, -0.15) is 10.2 Å². The third-order valence-electron chi connectivity index (χ3n) is 2.41. The van der Waals surface area contributed by atoms with Gasteiger partial charge in [0.15, 0.2) is 5.82 Å². The lowest BCUT2D eigenvalue weighted by Gasteiger charge is -1.98. The van der Waals surface area contributed by atoms with Crippen molar-refractivity contribution in [2.24, 2.45) is 7.05 Å². The van der Waals surface area contributed by atoms with Crippen LogP contribution in [0.4, 0.5) is 0 Å². The highest BCUT2D eigenvalue weighted by Crippen LogP contribution is 2.06. The Bertz CT molecular complexity index is 485. The molecule has 84 valence electrons. The van der Waals surface area contributed by atoms with Crippen molar-refractivity contribution in [2.45, 2.75) is 19.8 Å². The zero-order valence-corrected chi connectivity index (χ0v) is 9.27. The molecule has 0 aliphatic rings. The van der Waals surface area contributed by atoms with Gasteiger partial charge in [0.2, 0.25) is 5.78 Å². The topological polar surface area (TPSA) is 76.5 Å². The van der Waals surface area contributed by atoms with Crippen LogP contribution in [0.25, 0.3) is 0 Å². The molecule has 0 bridgehead atoms. The van der Waals surface area contributed by atoms with Crippen LogP contribution in [0, 0.1) is 0 Å². The van der Waals surface area contributed by atoms with E-state index >= 15 is 0 Å². The summed E-state index contributed by atoms with van der Waals surface area (Å²) in [6.07, 6.45) is 2.48. The summed E-state index contributed by atoms with van der Waals surface area (Å²) in [5, 5.41) is 10.5. The first kappa shape index (κ1) is 10.5. The normalized spacial score (nSPS) is 10.6. The van der Waals surface area contributed by atoms with Gasteiger partial charge in [-0.1, -0.05) is 6.92 Å². The molecule has 2 aromatic heterocycles. The summed E-state index contributed by atoms with van der Waals surface area (Å²) in [5.74, 6) is 0.211. The molecular formula is C10H13N5O. The molecule has 16 heavy (non-hydrogen) atoms. The summed E-state index contributed by atoms with van der Waals surface area (Å²) in [6.45, 7) is 2.03. The van der Waals surface area contributed by atoms with Gasteiger partial charge in [-0.15, -0.1) is 0 Å². The summed E-state index contributed by atoms with van der Waals surface area (Å²) in [4.78, 5) is 15.6. The SMILES string of the molecule is CCc1cc(CC(=O)c2ncn[nH]2)n(C)n1. The Balaban J connectivity index is 2.15. The molecule has 0 aromatic carbocycles. The summed E-state index contributed by atoms with van der Waals surface area (Å²) >= 11 is 0. The molecule has 0 radical (unpaired) electrons. The highest BCUT2D eigenvalue weighted by Gasteiger charge is 2.13. The number of carbonyl (C=O) groups is 1. The Morgan fingerprint density at radius 2 is 2.38 bits per heavy atom. The number of aromatic amines is 1. The number of rotatable bonds is 4. The fourth-order valence-corrected chi connectivity index (χ4v) is 1.50. The molecule has 2 rings (SSSR count). The van der Waals surface area contributed by atoms with Gasteiger partial charge in [0.1, 0.15) is 6.33 Å². The zero-order valence-electron chi connectivity index (χ0n) is 9.27. The Hall–Kier alpha value is -1.98. The predicted molar refractivity (Wildman–Crippen MR) is 57.0 cm³/mol. The van der Waals surface area contributed by atoms with E-state index in [1.807, 2.05) is 20.0 Å². The van der Waals surface area contributed by atoms with Gasteiger partial charge in [0, 0.05) is 12.7 Å². The number of nitrogens with zero attached hydrogens (tertiary/aromatic N) is 4. The van der Waals surface area contributed by atoms with Gasteiger partial charge in [0.05, 0.1) is 12.1 Å². The Kier molecular flexibility index (Phi) is 2.80. The second-order valence-corrected chi connectivity index (χ2v) is 3.54. The van der Waals surface area contributed by atoms with Crippen molar-refractivity contribution < 1.29 is 4.79 Å². The molecule has 0 aliphatic carbocycles. The van der Waals surface area contributed by atoms with Crippen LogP contribution in [0.2, 0.25) is 0 Å². The predicted octanol–water partition coefficient (Wildman–Crippen LogP) is 0.526. The van der Waals surface area contributed by atoms with Crippen LogP contribution in [0.15, 0.2) is 12.4 Å². The summed E-state index contributed by atoms with van der Waals surface area (Å²) in [7, 11) is 1.84. The Morgan fingerprint density at radius 3 is 2.94 bits per heavy atom. The molecule has 0 saturated carbocycles. The number of aryl methyl sites for hydroxylation is 2. The number of hydrogen-bond donors (Lipinski definition) is 1. The number of carbonyl (C=O) groups excluding carboxylic acids is 1. The first-order valence-electron chi connectivity index (χ1n) is 5.11. The van der Waals surface area contributed by atoms with Gasteiger partial charge < -0.3 is 0 Å². The molecule has 0 atom stereocenters. The zero-order chi connectivity index (χ0) is 11.5. The van der Waals surface area contributed by atoms with E-state index in [1.54, 1.807) is 4.68 Å². The largest absolute Gasteiger partial charge is 0.290 e. The van der Waals surface area contributed by atoms with Crippen molar-refractivity contribution in [3.8, 4) is 0 Å². The quantitative estimate of drug-likeness (QED) is 0.761. The van der Waals surface area contributed by atoms with Crippen LogP contribution in [0.1, 0.15) is 28.9 Å². The van der Waals surface area contributed by atoms with E-state index in [0.717, 1.165) is 17.8 Å². The van der Waals surface area contributed by atoms with Crippen molar-refractivity contribution in [2.75, 3.05) is 0 Å². The average molecular weight is 219 g/mol. The molecule has 0 spiro atoms. The number of ketones is 1. The van der Waals surface area contributed by atoms with Gasteiger partial charge in [-0.05, 0) is 12.5 Å². The maximum atomic E-state index is 11.8. The van der Waals surface area contributed by atoms with E-state index in [-0.39, 0.29) is 5.78 Å². The smallest absolute Gasteiger partial charge is 0.205 e. The molecule has 0 fully saturated rings. The Morgan fingerprint density at radius 1 is 1.56 bits per heavy atom. The van der Waals surface area contributed by atoms with E-state index < -0.39 is 0 Å². The molecule has 0 amide bonds. The molecule has 1 N–H and O–H groups in total. The van der Waals surface area contributed by atoms with Crippen LogP contribution < -0.4 is 0 Å². The highest BCUT2D eigenvalue weighted by molar-refractivity contribution is 5.93. The van der Waals surface area contributed by atoms with Crippen molar-refractivity contribution in [1.29, 1.82) is 0 Å². The Labute approximate surface area is 92.7 Å². The summed E-state index contributed by atoms with van der Waals surface area (Å²) < 4.78 is 1.73. The van der Waals surface area contributed by atoms with Crippen LogP contribution in [0.5, 0.6) is 0 Å². The molecule has 0 unspecified atom stereocenters. The lowest BCUT2D eigenvalue weighted by Crippen LogP contribution is -2.09. The van der Waals surface area contributed by atoms with Crippen molar-refractivity contribution in [3.05, 3.63) is 29.6 Å². The second kappa shape index (κ2) is 4.26. The molecule has 0 aliphatic heterocycles. The van der Waals surface area contributed by atoms with E-state index in [1.165, 1.54) is 6.33 Å². The number of Topliss-reactive ketones (excluding diaryl/α,β-unsaturated/α-hetero) is 1. The molecule has 2 aromatic rings. The van der Waals surface area contributed by atoms with Gasteiger partial charge in [-0.3, -0.25) is 14.6 Å². The second-order valence-electron chi connectivity index (χ2n) is 3.54. The number of H-pyrrole nitrogens is 1. The lowest BCUT2D eigenvalue weighted by molar-refractivity contribution is 0.0981. The highest BCUT2D eigenvalue weighted by atomic mass is 16.1. The monoisotopic (exact) mass is 219 g/mol. The van der Waals surface area contributed by atoms with Crippen molar-refractivity contribution in [3.63, 3.8) is 0 Å². The first-order chi connectivity index (χ1) is 7.70. The van der Waals surface area contributed by atoms with Crippen molar-refractivity contribution in [1.82, 2.24) is 25.0 Å². The van der Waals surface area contributed by atoms with Gasteiger partial charge in [0.25, 0.3) is 0 Å². The van der Waals surface area contributed by atoms with Crippen LogP contribution in [-0.2, 0) is 19.9 Å². The number of aromatic nitrogens is 5. The minimum absolute atomic E-state index is 0.0804. The third kappa shape index (κ3) is 2.00. The van der Waals surface area contributed by atoms with E-state index in [0.29, 0.717) is 12.2 Å². The standard InChI is InChI=1S/C10H13N5O/c1-3-7-4-8(15(2)14-7)5-9(16)10-11-6-12-13-10/h4,6H,3,5H2,1-2H3,(H,11,12,13). The first-order valence-corrected chi connectivity index (χ1v) is 5.11. The van der Waals surface area contributed by atoms with Crippen LogP contribution >= 0.6 is 0 Å². The molecule has 6 heteroatoms. The minimum Gasteiger partial charge on any atom is -0.290 e. The van der Waals surface area contributed by atoms with E-state index in [2.05, 4.69) is 20.3 Å². The average Bonchev–Trinajstić information content (AvgIpc) is 2.88. The molecule has 0 saturated heterocycles. The maximum absolute atomic E-state index is 11.8. The summed E-state index contributed by atoms with van der Waals surface area (Å²) in [5.41, 5.74) is 1.88. The molecular weight excluding hydrogens is 206 g/mol. The molecule has 6 nitrogen and oxygen atoms in total. The maximum Gasteiger partial charge on any atom is 0.205 e. The van der Waals surface area contributed by atoms with Gasteiger partial charge >= 0.3 is 0 Å².